The molecule has 2 heterocycles. The molecular weight excluding hydrogens is 235 g/mol. The summed E-state index contributed by atoms with van der Waals surface area (Å²) in [5.74, 6) is 0.211. The molecule has 0 aliphatic heterocycles. The summed E-state index contributed by atoms with van der Waals surface area (Å²) in [6.07, 6.45) is 4.79. The Morgan fingerprint density at radius 3 is 2.83 bits per heavy atom. The first kappa shape index (κ1) is 12.3. The number of anilines is 2. The lowest BCUT2D eigenvalue weighted by atomic mass is 10.3. The van der Waals surface area contributed by atoms with Gasteiger partial charge in [0, 0.05) is 39.4 Å². The molecule has 0 aliphatic rings. The van der Waals surface area contributed by atoms with E-state index in [1.807, 2.05) is 13.2 Å². The second-order valence-corrected chi connectivity index (χ2v) is 3.99. The van der Waals surface area contributed by atoms with Crippen LogP contribution in [0.1, 0.15) is 5.56 Å². The van der Waals surface area contributed by atoms with Gasteiger partial charge in [-0.1, -0.05) is 0 Å². The van der Waals surface area contributed by atoms with E-state index >= 15 is 0 Å². The van der Waals surface area contributed by atoms with Crippen molar-refractivity contribution in [3.8, 4) is 0 Å². The molecule has 0 bridgehead atoms. The highest BCUT2D eigenvalue weighted by Crippen LogP contribution is 2.17. The van der Waals surface area contributed by atoms with E-state index in [2.05, 4.69) is 20.4 Å². The van der Waals surface area contributed by atoms with Crippen LogP contribution in [0, 0.1) is 5.82 Å². The fraction of sp³-hybridized carbons (Fsp3) is 0.364. The average Bonchev–Trinajstić information content (AvgIpc) is 2.75. The molecule has 0 amide bonds. The second-order valence-electron chi connectivity index (χ2n) is 3.99. The zero-order valence-electron chi connectivity index (χ0n) is 10.6. The Balaban J connectivity index is 2.20. The summed E-state index contributed by atoms with van der Waals surface area (Å²) in [5.41, 5.74) is 0.990. The molecule has 96 valence electrons. The number of hydrogen-bond acceptors (Lipinski definition) is 5. The lowest BCUT2D eigenvalue weighted by molar-refractivity contribution is 0.608. The molecule has 6 nitrogen and oxygen atoms in total. The molecule has 0 saturated carbocycles. The number of hydrogen-bond donors (Lipinski definition) is 1. The SMILES string of the molecule is CNc1ncc(F)c(N(C)Cc2cnn(C)c2)n1. The highest BCUT2D eigenvalue weighted by atomic mass is 19.1. The fourth-order valence-electron chi connectivity index (χ4n) is 1.65. The highest BCUT2D eigenvalue weighted by Gasteiger charge is 2.12. The van der Waals surface area contributed by atoms with E-state index in [-0.39, 0.29) is 5.82 Å². The molecule has 0 atom stereocenters. The van der Waals surface area contributed by atoms with Crippen LogP contribution in [0.4, 0.5) is 16.2 Å². The average molecular weight is 250 g/mol. The molecule has 0 unspecified atom stereocenters. The Labute approximate surface area is 104 Å². The van der Waals surface area contributed by atoms with Gasteiger partial charge in [0.05, 0.1) is 12.4 Å². The van der Waals surface area contributed by atoms with Crippen LogP contribution >= 0.6 is 0 Å². The standard InChI is InChI=1S/C11H15FN6/c1-13-11-14-5-9(12)10(16-11)17(2)6-8-4-15-18(3)7-8/h4-5,7H,6H2,1-3H3,(H,13,14,16). The number of halogens is 1. The van der Waals surface area contributed by atoms with Gasteiger partial charge in [-0.15, -0.1) is 0 Å². The van der Waals surface area contributed by atoms with Crippen LogP contribution in [0.25, 0.3) is 0 Å². The van der Waals surface area contributed by atoms with E-state index in [9.17, 15) is 4.39 Å². The smallest absolute Gasteiger partial charge is 0.224 e. The van der Waals surface area contributed by atoms with E-state index in [0.29, 0.717) is 12.5 Å². The van der Waals surface area contributed by atoms with E-state index in [0.717, 1.165) is 11.8 Å². The molecule has 0 spiro atoms. The normalized spacial score (nSPS) is 10.4. The molecule has 2 aromatic rings. The van der Waals surface area contributed by atoms with Crippen molar-refractivity contribution in [2.24, 2.45) is 7.05 Å². The molecule has 0 aromatic carbocycles. The Morgan fingerprint density at radius 1 is 1.44 bits per heavy atom. The Hall–Kier alpha value is -2.18. The Morgan fingerprint density at radius 2 is 2.22 bits per heavy atom. The molecule has 18 heavy (non-hydrogen) atoms. The molecule has 7 heteroatoms. The maximum atomic E-state index is 13.6. The molecule has 0 saturated heterocycles. The van der Waals surface area contributed by atoms with Gasteiger partial charge >= 0.3 is 0 Å². The number of aromatic nitrogens is 4. The topological polar surface area (TPSA) is 58.9 Å². The first-order valence-corrected chi connectivity index (χ1v) is 5.49. The van der Waals surface area contributed by atoms with Crippen molar-refractivity contribution in [3.63, 3.8) is 0 Å². The molecular formula is C11H15FN6. The summed E-state index contributed by atoms with van der Waals surface area (Å²) in [4.78, 5) is 9.62. The van der Waals surface area contributed by atoms with Crippen molar-refractivity contribution in [1.82, 2.24) is 19.7 Å². The monoisotopic (exact) mass is 250 g/mol. The Bertz CT molecular complexity index is 538. The van der Waals surface area contributed by atoms with E-state index in [1.54, 1.807) is 29.9 Å². The number of rotatable bonds is 4. The van der Waals surface area contributed by atoms with Gasteiger partial charge < -0.3 is 10.2 Å². The number of nitrogens with zero attached hydrogens (tertiary/aromatic N) is 5. The van der Waals surface area contributed by atoms with E-state index in [1.165, 1.54) is 0 Å². The van der Waals surface area contributed by atoms with Crippen molar-refractivity contribution in [1.29, 1.82) is 0 Å². The highest BCUT2D eigenvalue weighted by molar-refractivity contribution is 5.43. The van der Waals surface area contributed by atoms with Crippen molar-refractivity contribution in [3.05, 3.63) is 30.0 Å². The summed E-state index contributed by atoms with van der Waals surface area (Å²) in [7, 11) is 5.31. The first-order chi connectivity index (χ1) is 8.60. The maximum Gasteiger partial charge on any atom is 0.224 e. The van der Waals surface area contributed by atoms with E-state index in [4.69, 9.17) is 0 Å². The van der Waals surface area contributed by atoms with Crippen LogP contribution in [0.15, 0.2) is 18.6 Å². The third-order valence-corrected chi connectivity index (χ3v) is 2.49. The zero-order chi connectivity index (χ0) is 13.1. The molecule has 0 fully saturated rings. The lowest BCUT2D eigenvalue weighted by Crippen LogP contribution is -2.19. The van der Waals surface area contributed by atoms with Crippen molar-refractivity contribution < 1.29 is 4.39 Å². The zero-order valence-corrected chi connectivity index (χ0v) is 10.6. The first-order valence-electron chi connectivity index (χ1n) is 5.49. The largest absolute Gasteiger partial charge is 0.357 e. The minimum Gasteiger partial charge on any atom is -0.357 e. The summed E-state index contributed by atoms with van der Waals surface area (Å²) >= 11 is 0. The van der Waals surface area contributed by atoms with Crippen molar-refractivity contribution >= 4 is 11.8 Å². The van der Waals surface area contributed by atoms with Crippen molar-refractivity contribution in [2.75, 3.05) is 24.3 Å². The lowest BCUT2D eigenvalue weighted by Gasteiger charge is -2.18. The predicted octanol–water partition coefficient (Wildman–Crippen LogP) is 1.03. The van der Waals surface area contributed by atoms with Crippen LogP contribution in [0.5, 0.6) is 0 Å². The van der Waals surface area contributed by atoms with Gasteiger partial charge in [0.25, 0.3) is 0 Å². The summed E-state index contributed by atoms with van der Waals surface area (Å²) in [6, 6.07) is 0. The van der Waals surface area contributed by atoms with Gasteiger partial charge in [-0.25, -0.2) is 9.37 Å². The van der Waals surface area contributed by atoms with Gasteiger partial charge in [-0.3, -0.25) is 4.68 Å². The van der Waals surface area contributed by atoms with Gasteiger partial charge in [0.15, 0.2) is 11.6 Å². The Kier molecular flexibility index (Phi) is 3.40. The van der Waals surface area contributed by atoms with Crippen LogP contribution < -0.4 is 10.2 Å². The summed E-state index contributed by atoms with van der Waals surface area (Å²) < 4.78 is 15.4. The maximum absolute atomic E-state index is 13.6. The number of aryl methyl sites for hydroxylation is 1. The molecule has 0 radical (unpaired) electrons. The molecule has 2 rings (SSSR count). The minimum atomic E-state index is -0.444. The van der Waals surface area contributed by atoms with Crippen LogP contribution in [0.2, 0.25) is 0 Å². The van der Waals surface area contributed by atoms with Crippen LogP contribution in [-0.4, -0.2) is 33.8 Å². The quantitative estimate of drug-likeness (QED) is 0.878. The van der Waals surface area contributed by atoms with Crippen LogP contribution in [-0.2, 0) is 13.6 Å². The predicted molar refractivity (Wildman–Crippen MR) is 66.9 cm³/mol. The number of nitrogens with one attached hydrogen (secondary N) is 1. The molecule has 1 N–H and O–H groups in total. The van der Waals surface area contributed by atoms with E-state index < -0.39 is 5.82 Å². The van der Waals surface area contributed by atoms with Crippen LogP contribution in [0.3, 0.4) is 0 Å². The molecule has 0 aliphatic carbocycles. The summed E-state index contributed by atoms with van der Waals surface area (Å²) in [6.45, 7) is 0.533. The fourth-order valence-corrected chi connectivity index (χ4v) is 1.65. The van der Waals surface area contributed by atoms with Gasteiger partial charge in [0.2, 0.25) is 5.95 Å². The third kappa shape index (κ3) is 2.55. The van der Waals surface area contributed by atoms with Gasteiger partial charge in [0.1, 0.15) is 0 Å². The molecule has 2 aromatic heterocycles. The van der Waals surface area contributed by atoms with Gasteiger partial charge in [-0.2, -0.15) is 10.1 Å². The summed E-state index contributed by atoms with van der Waals surface area (Å²) in [5, 5.41) is 6.86. The third-order valence-electron chi connectivity index (χ3n) is 2.49. The minimum absolute atomic E-state index is 0.262. The van der Waals surface area contributed by atoms with Crippen molar-refractivity contribution in [2.45, 2.75) is 6.54 Å². The second kappa shape index (κ2) is 4.99. The van der Waals surface area contributed by atoms with Gasteiger partial charge in [-0.05, 0) is 0 Å².